The maximum absolute atomic E-state index is 13.9. The second-order valence-electron chi connectivity index (χ2n) is 9.80. The van der Waals surface area contributed by atoms with Crippen LogP contribution in [-0.2, 0) is 0 Å². The average Bonchev–Trinajstić information content (AvgIpc) is 3.02. The molecule has 3 heterocycles. The molecule has 0 fully saturated rings. The molecular weight excluding hydrogens is 516 g/mol. The van der Waals surface area contributed by atoms with E-state index in [9.17, 15) is 19.2 Å². The number of nitrogens with zero attached hydrogens (tertiary/aromatic N) is 4. The van der Waals surface area contributed by atoms with Gasteiger partial charge in [-0.05, 0) is 66.7 Å². The number of rotatable bonds is 4. The monoisotopic (exact) mass is 536 g/mol. The van der Waals surface area contributed by atoms with Gasteiger partial charge in [0.2, 0.25) is 0 Å². The first-order chi connectivity index (χ1) is 20.0. The van der Waals surface area contributed by atoms with Crippen LogP contribution in [0.3, 0.4) is 0 Å². The SMILES string of the molecule is CN(C(=O)c1ccc2c3c(ccc(C=O)c13)C(=O)N(c1ccc3ncccc3c1)C2=O)c1ccc2ncccc2c1. The number of benzene rings is 4. The minimum atomic E-state index is -0.534. The Morgan fingerprint density at radius 2 is 1.39 bits per heavy atom. The molecule has 8 nitrogen and oxygen atoms in total. The predicted molar refractivity (Wildman–Crippen MR) is 157 cm³/mol. The zero-order valence-corrected chi connectivity index (χ0v) is 21.7. The lowest BCUT2D eigenvalue weighted by Crippen LogP contribution is -2.40. The summed E-state index contributed by atoms with van der Waals surface area (Å²) in [6.45, 7) is 0. The number of carbonyl (C=O) groups is 4. The van der Waals surface area contributed by atoms with Crippen LogP contribution >= 0.6 is 0 Å². The third-order valence-electron chi connectivity index (χ3n) is 7.54. The molecular formula is C33H20N4O4. The predicted octanol–water partition coefficient (Wildman–Crippen LogP) is 5.83. The van der Waals surface area contributed by atoms with Gasteiger partial charge in [0.15, 0.2) is 6.29 Å². The van der Waals surface area contributed by atoms with Gasteiger partial charge in [-0.15, -0.1) is 0 Å². The van der Waals surface area contributed by atoms with Gasteiger partial charge < -0.3 is 4.90 Å². The van der Waals surface area contributed by atoms with E-state index in [4.69, 9.17) is 0 Å². The molecule has 0 bridgehead atoms. The number of amides is 3. The lowest BCUT2D eigenvalue weighted by molar-refractivity contribution is 0.0891. The van der Waals surface area contributed by atoms with E-state index in [0.29, 0.717) is 23.0 Å². The van der Waals surface area contributed by atoms with E-state index in [0.717, 1.165) is 26.7 Å². The fourth-order valence-corrected chi connectivity index (χ4v) is 5.49. The van der Waals surface area contributed by atoms with E-state index in [1.807, 2.05) is 30.3 Å². The maximum Gasteiger partial charge on any atom is 0.265 e. The summed E-state index contributed by atoms with van der Waals surface area (Å²) in [4.78, 5) is 64.9. The van der Waals surface area contributed by atoms with Crippen molar-refractivity contribution in [2.24, 2.45) is 0 Å². The van der Waals surface area contributed by atoms with Crippen LogP contribution < -0.4 is 9.80 Å². The Bertz CT molecular complexity index is 2100. The zero-order valence-electron chi connectivity index (χ0n) is 21.7. The van der Waals surface area contributed by atoms with Crippen molar-refractivity contribution >= 4 is 68.0 Å². The van der Waals surface area contributed by atoms with Crippen LogP contribution in [0.25, 0.3) is 32.6 Å². The number of carbonyl (C=O) groups excluding carboxylic acids is 4. The topological polar surface area (TPSA) is 101 Å². The maximum atomic E-state index is 13.9. The van der Waals surface area contributed by atoms with E-state index in [-0.39, 0.29) is 33.5 Å². The molecule has 0 radical (unpaired) electrons. The summed E-state index contributed by atoms with van der Waals surface area (Å²) in [5.74, 6) is -1.45. The van der Waals surface area contributed by atoms with E-state index in [2.05, 4.69) is 9.97 Å². The van der Waals surface area contributed by atoms with Crippen LogP contribution in [0.15, 0.2) is 97.3 Å². The second-order valence-corrected chi connectivity index (χ2v) is 9.80. The molecule has 0 spiro atoms. The Morgan fingerprint density at radius 3 is 2.07 bits per heavy atom. The van der Waals surface area contributed by atoms with Gasteiger partial charge in [-0.3, -0.25) is 29.1 Å². The number of fused-ring (bicyclic) bond motifs is 2. The third-order valence-corrected chi connectivity index (χ3v) is 7.54. The molecule has 0 saturated carbocycles. The molecule has 0 atom stereocenters. The molecule has 3 amide bonds. The van der Waals surface area contributed by atoms with Gasteiger partial charge in [0.25, 0.3) is 17.7 Å². The number of aromatic nitrogens is 2. The van der Waals surface area contributed by atoms with Crippen LogP contribution in [0.4, 0.5) is 11.4 Å². The normalized spacial score (nSPS) is 12.8. The van der Waals surface area contributed by atoms with Gasteiger partial charge in [0.05, 0.1) is 16.7 Å². The number of imide groups is 1. The summed E-state index contributed by atoms with van der Waals surface area (Å²) in [6.07, 6.45) is 4.02. The van der Waals surface area contributed by atoms with E-state index in [1.54, 1.807) is 61.9 Å². The lowest BCUT2D eigenvalue weighted by atomic mass is 9.88. The molecule has 41 heavy (non-hydrogen) atoms. The Balaban J connectivity index is 1.36. The van der Waals surface area contributed by atoms with E-state index in [1.165, 1.54) is 17.0 Å². The van der Waals surface area contributed by atoms with Gasteiger partial charge in [0.1, 0.15) is 0 Å². The largest absolute Gasteiger partial charge is 0.311 e. The molecule has 7 rings (SSSR count). The standard InChI is InChI=1S/C33H20N4O4/c1-36(22-7-12-27-19(16-22)4-2-14-34-27)31(39)24-10-11-26-30-25(9-6-21(18-38)29(24)30)32(40)37(33(26)41)23-8-13-28-20(17-23)5-3-15-35-28/h2-18H,1H3. The van der Waals surface area contributed by atoms with Crippen LogP contribution in [0, 0.1) is 0 Å². The quantitative estimate of drug-likeness (QED) is 0.208. The summed E-state index contributed by atoms with van der Waals surface area (Å²) < 4.78 is 0. The van der Waals surface area contributed by atoms with Crippen LogP contribution in [0.2, 0.25) is 0 Å². The van der Waals surface area contributed by atoms with Gasteiger partial charge in [-0.1, -0.05) is 18.2 Å². The van der Waals surface area contributed by atoms with Crippen molar-refractivity contribution in [1.29, 1.82) is 0 Å². The van der Waals surface area contributed by atoms with Gasteiger partial charge in [0, 0.05) is 68.9 Å². The van der Waals surface area contributed by atoms with Crippen molar-refractivity contribution < 1.29 is 19.2 Å². The molecule has 0 aliphatic carbocycles. The summed E-state index contributed by atoms with van der Waals surface area (Å²) >= 11 is 0. The van der Waals surface area contributed by atoms with Crippen LogP contribution in [0.5, 0.6) is 0 Å². The first-order valence-corrected chi connectivity index (χ1v) is 12.9. The van der Waals surface area contributed by atoms with Crippen molar-refractivity contribution in [2.75, 3.05) is 16.8 Å². The molecule has 0 unspecified atom stereocenters. The zero-order chi connectivity index (χ0) is 28.2. The molecule has 0 N–H and O–H groups in total. The highest BCUT2D eigenvalue weighted by Gasteiger charge is 2.36. The molecule has 1 aliphatic rings. The fraction of sp³-hybridized carbons (Fsp3) is 0.0303. The highest BCUT2D eigenvalue weighted by Crippen LogP contribution is 2.37. The molecule has 2 aromatic heterocycles. The Labute approximate surface area is 233 Å². The number of aldehydes is 1. The van der Waals surface area contributed by atoms with Crippen molar-refractivity contribution in [3.63, 3.8) is 0 Å². The van der Waals surface area contributed by atoms with E-state index >= 15 is 0 Å². The minimum Gasteiger partial charge on any atom is -0.311 e. The Hall–Kier alpha value is -5.76. The minimum absolute atomic E-state index is 0.215. The molecule has 196 valence electrons. The van der Waals surface area contributed by atoms with Gasteiger partial charge in [-0.25, -0.2) is 4.90 Å². The molecule has 1 aliphatic heterocycles. The van der Waals surface area contributed by atoms with Gasteiger partial charge in [-0.2, -0.15) is 0 Å². The highest BCUT2D eigenvalue weighted by molar-refractivity contribution is 6.38. The molecule has 4 aromatic carbocycles. The first kappa shape index (κ1) is 24.3. The average molecular weight is 537 g/mol. The Kier molecular flexibility index (Phi) is 5.43. The molecule has 0 saturated heterocycles. The van der Waals surface area contributed by atoms with Crippen molar-refractivity contribution in [3.8, 4) is 0 Å². The first-order valence-electron chi connectivity index (χ1n) is 12.9. The molecule has 6 aromatic rings. The van der Waals surface area contributed by atoms with Crippen LogP contribution in [0.1, 0.15) is 41.4 Å². The number of anilines is 2. The van der Waals surface area contributed by atoms with Crippen LogP contribution in [-0.4, -0.2) is 41.0 Å². The van der Waals surface area contributed by atoms with Gasteiger partial charge >= 0.3 is 0 Å². The van der Waals surface area contributed by atoms with Crippen molar-refractivity contribution in [3.05, 3.63) is 120 Å². The third kappa shape index (κ3) is 3.69. The van der Waals surface area contributed by atoms with E-state index < -0.39 is 11.8 Å². The molecule has 8 heteroatoms. The second kappa shape index (κ2) is 9.17. The summed E-state index contributed by atoms with van der Waals surface area (Å²) in [5, 5.41) is 2.23. The Morgan fingerprint density at radius 1 is 0.756 bits per heavy atom. The summed E-state index contributed by atoms with van der Waals surface area (Å²) in [7, 11) is 1.64. The highest BCUT2D eigenvalue weighted by atomic mass is 16.2. The summed E-state index contributed by atoms with van der Waals surface area (Å²) in [6, 6.07) is 24.2. The summed E-state index contributed by atoms with van der Waals surface area (Å²) in [5.41, 5.74) is 3.48. The number of hydrogen-bond donors (Lipinski definition) is 0. The van der Waals surface area contributed by atoms with Crippen molar-refractivity contribution in [1.82, 2.24) is 9.97 Å². The van der Waals surface area contributed by atoms with Crippen molar-refractivity contribution in [2.45, 2.75) is 0 Å². The number of pyridine rings is 2. The lowest BCUT2D eigenvalue weighted by Gasteiger charge is -2.29. The fourth-order valence-electron chi connectivity index (χ4n) is 5.49. The number of hydrogen-bond acceptors (Lipinski definition) is 6. The smallest absolute Gasteiger partial charge is 0.265 e.